The number of ether oxygens (including phenoxy) is 1. The van der Waals surface area contributed by atoms with Gasteiger partial charge in [0.25, 0.3) is 0 Å². The molecule has 0 bridgehead atoms. The van der Waals surface area contributed by atoms with E-state index < -0.39 is 0 Å². The number of benzene rings is 2. The molecule has 0 aliphatic heterocycles. The smallest absolute Gasteiger partial charge is 0.224 e. The van der Waals surface area contributed by atoms with Crippen molar-refractivity contribution in [3.8, 4) is 16.9 Å². The first-order chi connectivity index (χ1) is 15.9. The first-order valence-corrected chi connectivity index (χ1v) is 12.0. The summed E-state index contributed by atoms with van der Waals surface area (Å²) in [6, 6.07) is 11.9. The van der Waals surface area contributed by atoms with E-state index in [2.05, 4.69) is 40.6 Å². The Balaban J connectivity index is 1.74. The zero-order valence-corrected chi connectivity index (χ0v) is 20.6. The van der Waals surface area contributed by atoms with Gasteiger partial charge in [0.05, 0.1) is 19.0 Å². The summed E-state index contributed by atoms with van der Waals surface area (Å²) in [4.78, 5) is 16.0. The number of H-pyrrole nitrogens is 1. The highest BCUT2D eigenvalue weighted by Gasteiger charge is 2.13. The minimum Gasteiger partial charge on any atom is -0.497 e. The molecule has 1 heterocycles. The molecule has 176 valence electrons. The zero-order chi connectivity index (χ0) is 23.8. The van der Waals surface area contributed by atoms with Crippen LogP contribution >= 0.6 is 11.8 Å². The van der Waals surface area contributed by atoms with Crippen LogP contribution in [0, 0.1) is 6.92 Å². The number of aromatic amines is 1. The maximum atomic E-state index is 12.8. The van der Waals surface area contributed by atoms with E-state index in [0.717, 1.165) is 56.6 Å². The highest BCUT2D eigenvalue weighted by Crippen LogP contribution is 2.33. The molecule has 0 radical (unpaired) electrons. The van der Waals surface area contributed by atoms with E-state index in [4.69, 9.17) is 10.5 Å². The molecular weight excluding hydrogens is 434 g/mol. The van der Waals surface area contributed by atoms with Gasteiger partial charge in [-0.2, -0.15) is 5.10 Å². The maximum absolute atomic E-state index is 12.8. The van der Waals surface area contributed by atoms with E-state index in [1.807, 2.05) is 43.5 Å². The molecule has 1 aromatic heterocycles. The van der Waals surface area contributed by atoms with E-state index in [0.29, 0.717) is 19.4 Å². The second-order valence-electron chi connectivity index (χ2n) is 8.16. The molecule has 33 heavy (non-hydrogen) atoms. The molecule has 4 N–H and O–H groups in total. The van der Waals surface area contributed by atoms with Crippen LogP contribution in [0.15, 0.2) is 47.5 Å². The van der Waals surface area contributed by atoms with Crippen LogP contribution in [-0.4, -0.2) is 54.5 Å². The fourth-order valence-corrected chi connectivity index (χ4v) is 4.68. The van der Waals surface area contributed by atoms with Gasteiger partial charge in [0.2, 0.25) is 5.91 Å². The molecular formula is C25H33N5O2S. The summed E-state index contributed by atoms with van der Waals surface area (Å²) < 4.78 is 5.32. The van der Waals surface area contributed by atoms with Crippen LogP contribution in [0.5, 0.6) is 5.75 Å². The Kier molecular flexibility index (Phi) is 8.94. The number of carbonyl (C=O) groups excluding carboxylic acids is 1. The highest BCUT2D eigenvalue weighted by atomic mass is 32.2. The van der Waals surface area contributed by atoms with Crippen molar-refractivity contribution in [2.45, 2.75) is 31.2 Å². The van der Waals surface area contributed by atoms with Gasteiger partial charge in [0, 0.05) is 41.4 Å². The molecule has 0 fully saturated rings. The molecule has 0 aliphatic carbocycles. The zero-order valence-electron chi connectivity index (χ0n) is 19.8. The maximum Gasteiger partial charge on any atom is 0.224 e. The van der Waals surface area contributed by atoms with E-state index in [1.165, 1.54) is 0 Å². The Hall–Kier alpha value is -2.81. The number of methoxy groups -OCH3 is 1. The predicted molar refractivity (Wildman–Crippen MR) is 136 cm³/mol. The van der Waals surface area contributed by atoms with Crippen molar-refractivity contribution in [2.24, 2.45) is 5.73 Å². The molecule has 1 amide bonds. The lowest BCUT2D eigenvalue weighted by molar-refractivity contribution is -0.116. The number of rotatable bonds is 11. The molecule has 0 saturated heterocycles. The van der Waals surface area contributed by atoms with E-state index in [1.54, 1.807) is 18.9 Å². The number of nitrogens with two attached hydrogens (primary N) is 1. The third kappa shape index (κ3) is 6.83. The van der Waals surface area contributed by atoms with Crippen molar-refractivity contribution >= 4 is 23.4 Å². The second-order valence-corrected chi connectivity index (χ2v) is 9.30. The molecule has 2 aromatic carbocycles. The number of nitrogens with zero attached hydrogens (tertiary/aromatic N) is 2. The van der Waals surface area contributed by atoms with Gasteiger partial charge in [0.1, 0.15) is 5.75 Å². The van der Waals surface area contributed by atoms with Crippen LogP contribution < -0.4 is 15.8 Å². The van der Waals surface area contributed by atoms with Crippen molar-refractivity contribution in [1.29, 1.82) is 0 Å². The molecule has 0 saturated carbocycles. The van der Waals surface area contributed by atoms with Crippen LogP contribution in [0.2, 0.25) is 0 Å². The van der Waals surface area contributed by atoms with Crippen molar-refractivity contribution in [1.82, 2.24) is 15.1 Å². The lowest BCUT2D eigenvalue weighted by Crippen LogP contribution is -2.16. The third-order valence-electron chi connectivity index (χ3n) is 5.45. The number of aromatic nitrogens is 2. The van der Waals surface area contributed by atoms with Gasteiger partial charge in [-0.25, -0.2) is 0 Å². The molecule has 0 atom stereocenters. The van der Waals surface area contributed by atoms with E-state index >= 15 is 0 Å². The fraction of sp³-hybridized carbons (Fsp3) is 0.360. The van der Waals surface area contributed by atoms with Crippen LogP contribution in [0.25, 0.3) is 11.1 Å². The Morgan fingerprint density at radius 2 is 2.03 bits per heavy atom. The quantitative estimate of drug-likeness (QED) is 0.368. The minimum absolute atomic E-state index is 0.0255. The van der Waals surface area contributed by atoms with Gasteiger partial charge in [-0.3, -0.25) is 9.89 Å². The van der Waals surface area contributed by atoms with Crippen LogP contribution in [0.4, 0.5) is 5.69 Å². The molecule has 0 spiro atoms. The van der Waals surface area contributed by atoms with Crippen LogP contribution in [-0.2, 0) is 17.8 Å². The lowest BCUT2D eigenvalue weighted by Gasteiger charge is -2.15. The Bertz CT molecular complexity index is 1080. The Labute approximate surface area is 200 Å². The summed E-state index contributed by atoms with van der Waals surface area (Å²) >= 11 is 1.74. The molecule has 8 heteroatoms. The normalized spacial score (nSPS) is 11.1. The molecule has 7 nitrogen and oxygen atoms in total. The van der Waals surface area contributed by atoms with Gasteiger partial charge in [-0.1, -0.05) is 12.1 Å². The summed E-state index contributed by atoms with van der Waals surface area (Å²) in [5, 5.41) is 10.2. The van der Waals surface area contributed by atoms with Crippen LogP contribution in [0.1, 0.15) is 23.2 Å². The highest BCUT2D eigenvalue weighted by molar-refractivity contribution is 7.99. The predicted octanol–water partition coefficient (Wildman–Crippen LogP) is 4.08. The summed E-state index contributed by atoms with van der Waals surface area (Å²) in [6.07, 6.45) is 2.80. The second kappa shape index (κ2) is 11.9. The van der Waals surface area contributed by atoms with Crippen molar-refractivity contribution in [3.63, 3.8) is 0 Å². The van der Waals surface area contributed by atoms with Gasteiger partial charge in [-0.15, -0.1) is 11.8 Å². The van der Waals surface area contributed by atoms with Crippen molar-refractivity contribution in [2.75, 3.05) is 38.8 Å². The number of hydrogen-bond donors (Lipinski definition) is 3. The van der Waals surface area contributed by atoms with Gasteiger partial charge in [0.15, 0.2) is 0 Å². The molecule has 0 unspecified atom stereocenters. The summed E-state index contributed by atoms with van der Waals surface area (Å²) in [7, 11) is 5.75. The molecule has 0 aliphatic rings. The third-order valence-corrected chi connectivity index (χ3v) is 6.48. The first kappa shape index (κ1) is 24.8. The Morgan fingerprint density at radius 1 is 1.21 bits per heavy atom. The monoisotopic (exact) mass is 467 g/mol. The van der Waals surface area contributed by atoms with Crippen molar-refractivity contribution in [3.05, 3.63) is 59.4 Å². The number of nitrogens with one attached hydrogen (secondary N) is 2. The van der Waals surface area contributed by atoms with Crippen molar-refractivity contribution < 1.29 is 9.53 Å². The summed E-state index contributed by atoms with van der Waals surface area (Å²) in [6.45, 7) is 3.39. The average molecular weight is 468 g/mol. The number of aryl methyl sites for hydroxylation is 2. The minimum atomic E-state index is -0.0255. The van der Waals surface area contributed by atoms with Gasteiger partial charge < -0.3 is 20.7 Å². The lowest BCUT2D eigenvalue weighted by atomic mass is 10.0. The topological polar surface area (TPSA) is 96.3 Å². The molecule has 3 rings (SSSR count). The molecule has 3 aromatic rings. The fourth-order valence-electron chi connectivity index (χ4n) is 3.51. The van der Waals surface area contributed by atoms with Crippen LogP contribution in [0.3, 0.4) is 0 Å². The number of amides is 1. The Morgan fingerprint density at radius 3 is 2.70 bits per heavy atom. The SMILES string of the molecule is COc1ccc(CN)c(CCC(=O)Nc2ccc(-c3cn[nH]c3C)cc2SCCN(C)C)c1. The van der Waals surface area contributed by atoms with Gasteiger partial charge in [-0.05, 0) is 68.4 Å². The number of thioether (sulfide) groups is 1. The van der Waals surface area contributed by atoms with E-state index in [-0.39, 0.29) is 5.91 Å². The first-order valence-electron chi connectivity index (χ1n) is 11.0. The average Bonchev–Trinajstić information content (AvgIpc) is 3.24. The van der Waals surface area contributed by atoms with E-state index in [9.17, 15) is 4.79 Å². The largest absolute Gasteiger partial charge is 0.497 e. The number of anilines is 1. The summed E-state index contributed by atoms with van der Waals surface area (Å²) in [5.41, 5.74) is 11.9. The summed E-state index contributed by atoms with van der Waals surface area (Å²) in [5.74, 6) is 1.67. The number of hydrogen-bond acceptors (Lipinski definition) is 6. The standard InChI is InChI=1S/C25H33N5O2S/c1-17-22(16-27-29-17)19-6-9-23(24(14-19)33-12-11-30(2)3)28-25(31)10-7-18-13-21(32-4)8-5-20(18)15-26/h5-6,8-9,13-14,16H,7,10-12,15,26H2,1-4H3,(H,27,29)(H,28,31). The van der Waals surface area contributed by atoms with Gasteiger partial charge >= 0.3 is 0 Å². The number of carbonyl (C=O) groups is 1.